The Bertz CT molecular complexity index is 593. The number of rotatable bonds is 8. The normalized spacial score (nSPS) is 17.1. The molecule has 1 aliphatic heterocycles. The van der Waals surface area contributed by atoms with Crippen LogP contribution >= 0.6 is 0 Å². The van der Waals surface area contributed by atoms with Crippen molar-refractivity contribution in [3.8, 4) is 5.75 Å². The van der Waals surface area contributed by atoms with Gasteiger partial charge in [-0.1, -0.05) is 18.2 Å². The molecule has 1 fully saturated rings. The number of aliphatic carboxylic acids is 1. The highest BCUT2D eigenvalue weighted by Crippen LogP contribution is 2.19. The zero-order valence-electron chi connectivity index (χ0n) is 13.8. The summed E-state index contributed by atoms with van der Waals surface area (Å²) in [6.07, 6.45) is 4.91. The Morgan fingerprint density at radius 2 is 2.21 bits per heavy atom. The number of para-hydroxylation sites is 1. The molecule has 0 spiro atoms. The van der Waals surface area contributed by atoms with E-state index in [1.807, 2.05) is 24.3 Å². The van der Waals surface area contributed by atoms with Gasteiger partial charge in [0.2, 0.25) is 5.91 Å². The van der Waals surface area contributed by atoms with Crippen molar-refractivity contribution < 1.29 is 24.2 Å². The van der Waals surface area contributed by atoms with Crippen molar-refractivity contribution in [2.24, 2.45) is 0 Å². The number of carbonyl (C=O) groups excluding carboxylic acids is 1. The van der Waals surface area contributed by atoms with Crippen molar-refractivity contribution in [2.45, 2.75) is 25.4 Å². The smallest absolute Gasteiger partial charge is 0.305 e. The van der Waals surface area contributed by atoms with Gasteiger partial charge < -0.3 is 19.5 Å². The Balaban J connectivity index is 2.04. The molecule has 1 N–H and O–H groups in total. The van der Waals surface area contributed by atoms with Gasteiger partial charge in [0.1, 0.15) is 5.75 Å². The topological polar surface area (TPSA) is 76.1 Å². The van der Waals surface area contributed by atoms with Crippen LogP contribution in [0.15, 0.2) is 30.3 Å². The zero-order chi connectivity index (χ0) is 17.4. The lowest BCUT2D eigenvalue weighted by Crippen LogP contribution is -2.37. The zero-order valence-corrected chi connectivity index (χ0v) is 13.8. The third-order valence-electron chi connectivity index (χ3n) is 3.90. The number of benzene rings is 1. The van der Waals surface area contributed by atoms with E-state index < -0.39 is 5.97 Å². The van der Waals surface area contributed by atoms with Gasteiger partial charge in [-0.05, 0) is 25.0 Å². The lowest BCUT2D eigenvalue weighted by atomic mass is 10.1. The molecule has 24 heavy (non-hydrogen) atoms. The van der Waals surface area contributed by atoms with E-state index in [-0.39, 0.29) is 25.0 Å². The molecule has 2 rings (SSSR count). The minimum atomic E-state index is -0.922. The summed E-state index contributed by atoms with van der Waals surface area (Å²) < 4.78 is 10.8. The molecule has 1 aromatic rings. The van der Waals surface area contributed by atoms with Gasteiger partial charge in [0.15, 0.2) is 0 Å². The SMILES string of the molecule is COc1ccccc1/C=C/C(=O)N(CCC(=O)O)CC1CCCO1. The first-order valence-electron chi connectivity index (χ1n) is 8.03. The number of nitrogens with zero attached hydrogens (tertiary/aromatic N) is 1. The summed E-state index contributed by atoms with van der Waals surface area (Å²) in [5, 5.41) is 8.88. The largest absolute Gasteiger partial charge is 0.496 e. The van der Waals surface area contributed by atoms with Gasteiger partial charge in [-0.15, -0.1) is 0 Å². The summed E-state index contributed by atoms with van der Waals surface area (Å²) in [5.74, 6) is -0.468. The van der Waals surface area contributed by atoms with Crippen LogP contribution in [-0.4, -0.2) is 54.8 Å². The minimum absolute atomic E-state index is 0.0117. The number of methoxy groups -OCH3 is 1. The fourth-order valence-electron chi connectivity index (χ4n) is 2.63. The molecule has 1 aliphatic rings. The first-order valence-corrected chi connectivity index (χ1v) is 8.03. The van der Waals surface area contributed by atoms with Crippen molar-refractivity contribution >= 4 is 18.0 Å². The average Bonchev–Trinajstić information content (AvgIpc) is 3.09. The number of carbonyl (C=O) groups is 2. The Hall–Kier alpha value is -2.34. The van der Waals surface area contributed by atoms with E-state index in [0.717, 1.165) is 18.4 Å². The molecule has 1 atom stereocenters. The molecule has 0 saturated carbocycles. The summed E-state index contributed by atoms with van der Waals surface area (Å²) in [5.41, 5.74) is 0.795. The van der Waals surface area contributed by atoms with Crippen molar-refractivity contribution in [3.63, 3.8) is 0 Å². The van der Waals surface area contributed by atoms with Gasteiger partial charge in [0, 0.05) is 31.3 Å². The van der Waals surface area contributed by atoms with E-state index >= 15 is 0 Å². The predicted molar refractivity (Wildman–Crippen MR) is 89.8 cm³/mol. The molecule has 1 amide bonds. The van der Waals surface area contributed by atoms with Crippen molar-refractivity contribution in [1.82, 2.24) is 4.90 Å². The number of amides is 1. The van der Waals surface area contributed by atoms with Gasteiger partial charge in [-0.25, -0.2) is 0 Å². The van der Waals surface area contributed by atoms with E-state index in [4.69, 9.17) is 14.6 Å². The molecule has 0 aliphatic carbocycles. The quantitative estimate of drug-likeness (QED) is 0.738. The summed E-state index contributed by atoms with van der Waals surface area (Å²) in [6.45, 7) is 1.29. The summed E-state index contributed by atoms with van der Waals surface area (Å²) in [6, 6.07) is 7.39. The lowest BCUT2D eigenvalue weighted by molar-refractivity contribution is -0.138. The number of carboxylic acids is 1. The molecule has 0 bridgehead atoms. The maximum atomic E-state index is 12.5. The molecular formula is C18H23NO5. The number of carboxylic acid groups (broad SMARTS) is 1. The molecular weight excluding hydrogens is 310 g/mol. The molecule has 6 heteroatoms. The van der Waals surface area contributed by atoms with Crippen LogP contribution in [0, 0.1) is 0 Å². The van der Waals surface area contributed by atoms with E-state index in [1.54, 1.807) is 13.2 Å². The first-order chi connectivity index (χ1) is 11.6. The molecule has 1 saturated heterocycles. The fourth-order valence-corrected chi connectivity index (χ4v) is 2.63. The van der Waals surface area contributed by atoms with Crippen LogP contribution in [0.1, 0.15) is 24.8 Å². The monoisotopic (exact) mass is 333 g/mol. The Kier molecular flexibility index (Phi) is 6.81. The predicted octanol–water partition coefficient (Wildman–Crippen LogP) is 2.19. The van der Waals surface area contributed by atoms with Crippen molar-refractivity contribution in [2.75, 3.05) is 26.8 Å². The molecule has 1 unspecified atom stereocenters. The van der Waals surface area contributed by atoms with Crippen molar-refractivity contribution in [1.29, 1.82) is 0 Å². The minimum Gasteiger partial charge on any atom is -0.496 e. The number of ether oxygens (including phenoxy) is 2. The van der Waals surface area contributed by atoms with Gasteiger partial charge in [-0.2, -0.15) is 0 Å². The highest BCUT2D eigenvalue weighted by Gasteiger charge is 2.22. The van der Waals surface area contributed by atoms with Crippen LogP contribution in [0.2, 0.25) is 0 Å². The van der Waals surface area contributed by atoms with Crippen LogP contribution in [-0.2, 0) is 14.3 Å². The van der Waals surface area contributed by atoms with Gasteiger partial charge in [0.25, 0.3) is 0 Å². The van der Waals surface area contributed by atoms with Crippen LogP contribution in [0.5, 0.6) is 5.75 Å². The second kappa shape index (κ2) is 9.08. The van der Waals surface area contributed by atoms with E-state index in [2.05, 4.69) is 0 Å². The summed E-state index contributed by atoms with van der Waals surface area (Å²) >= 11 is 0. The van der Waals surface area contributed by atoms with Crippen LogP contribution in [0.4, 0.5) is 0 Å². The number of hydrogen-bond donors (Lipinski definition) is 1. The molecule has 0 radical (unpaired) electrons. The van der Waals surface area contributed by atoms with Gasteiger partial charge in [-0.3, -0.25) is 9.59 Å². The summed E-state index contributed by atoms with van der Waals surface area (Å²) in [4.78, 5) is 24.8. The highest BCUT2D eigenvalue weighted by molar-refractivity contribution is 5.92. The third-order valence-corrected chi connectivity index (χ3v) is 3.90. The van der Waals surface area contributed by atoms with Crippen molar-refractivity contribution in [3.05, 3.63) is 35.9 Å². The van der Waals surface area contributed by atoms with Gasteiger partial charge in [0.05, 0.1) is 19.6 Å². The van der Waals surface area contributed by atoms with E-state index in [1.165, 1.54) is 11.0 Å². The standard InChI is InChI=1S/C18H23NO5/c1-23-16-7-3-2-5-14(16)8-9-17(20)19(11-10-18(21)22)13-15-6-4-12-24-15/h2-3,5,7-9,15H,4,6,10-13H2,1H3,(H,21,22)/b9-8+. The summed E-state index contributed by atoms with van der Waals surface area (Å²) in [7, 11) is 1.57. The Morgan fingerprint density at radius 3 is 2.88 bits per heavy atom. The van der Waals surface area contributed by atoms with Crippen LogP contribution < -0.4 is 4.74 Å². The average molecular weight is 333 g/mol. The number of hydrogen-bond acceptors (Lipinski definition) is 4. The van der Waals surface area contributed by atoms with Gasteiger partial charge >= 0.3 is 5.97 Å². The molecule has 6 nitrogen and oxygen atoms in total. The Labute approximate surface area is 141 Å². The second-order valence-electron chi connectivity index (χ2n) is 5.64. The van der Waals surface area contributed by atoms with E-state index in [0.29, 0.717) is 18.9 Å². The third kappa shape index (κ3) is 5.38. The second-order valence-corrected chi connectivity index (χ2v) is 5.64. The highest BCUT2D eigenvalue weighted by atomic mass is 16.5. The maximum Gasteiger partial charge on any atom is 0.305 e. The molecule has 130 valence electrons. The maximum absolute atomic E-state index is 12.5. The molecule has 0 aromatic heterocycles. The molecule has 1 heterocycles. The Morgan fingerprint density at radius 1 is 1.42 bits per heavy atom. The molecule has 1 aromatic carbocycles. The van der Waals surface area contributed by atoms with Crippen LogP contribution in [0.3, 0.4) is 0 Å². The fraction of sp³-hybridized carbons (Fsp3) is 0.444. The lowest BCUT2D eigenvalue weighted by Gasteiger charge is -2.23. The van der Waals surface area contributed by atoms with Crippen LogP contribution in [0.25, 0.3) is 6.08 Å². The van der Waals surface area contributed by atoms with E-state index in [9.17, 15) is 9.59 Å². The first kappa shape index (κ1) is 18.0.